The third-order valence-electron chi connectivity index (χ3n) is 3.23. The summed E-state index contributed by atoms with van der Waals surface area (Å²) < 4.78 is 4.73. The lowest BCUT2D eigenvalue weighted by Crippen LogP contribution is -2.24. The summed E-state index contributed by atoms with van der Waals surface area (Å²) in [7, 11) is 0. The Morgan fingerprint density at radius 1 is 1.16 bits per heavy atom. The summed E-state index contributed by atoms with van der Waals surface area (Å²) in [4.78, 5) is 13.6. The van der Waals surface area contributed by atoms with E-state index in [1.165, 1.54) is 4.88 Å². The Labute approximate surface area is 123 Å². The van der Waals surface area contributed by atoms with E-state index in [0.717, 1.165) is 15.5 Å². The van der Waals surface area contributed by atoms with Crippen LogP contribution < -0.4 is 5.69 Å². The van der Waals surface area contributed by atoms with Crippen molar-refractivity contribution < 1.29 is 0 Å². The van der Waals surface area contributed by atoms with Gasteiger partial charge in [0.25, 0.3) is 0 Å². The zero-order valence-electron chi connectivity index (χ0n) is 10.5. The second kappa shape index (κ2) is 4.98. The SMILES string of the molecule is CCn1c(=O)n(Cc2sccc2Br)c2ccccc21. The molecular weight excluding hydrogens is 324 g/mol. The maximum absolute atomic E-state index is 12.5. The molecule has 0 unspecified atom stereocenters. The summed E-state index contributed by atoms with van der Waals surface area (Å²) in [5, 5.41) is 2.03. The van der Waals surface area contributed by atoms with Gasteiger partial charge in [0.05, 0.1) is 17.6 Å². The molecule has 2 aromatic heterocycles. The number of nitrogens with zero attached hydrogens (tertiary/aromatic N) is 2. The highest BCUT2D eigenvalue weighted by atomic mass is 79.9. The molecule has 5 heteroatoms. The topological polar surface area (TPSA) is 26.9 Å². The first-order valence-corrected chi connectivity index (χ1v) is 7.79. The number of hydrogen-bond donors (Lipinski definition) is 0. The van der Waals surface area contributed by atoms with Gasteiger partial charge in [-0.3, -0.25) is 9.13 Å². The van der Waals surface area contributed by atoms with Gasteiger partial charge in [-0.2, -0.15) is 0 Å². The van der Waals surface area contributed by atoms with E-state index < -0.39 is 0 Å². The highest BCUT2D eigenvalue weighted by molar-refractivity contribution is 9.10. The molecular formula is C14H13BrN2OS. The second-order valence-corrected chi connectivity index (χ2v) is 6.15. The van der Waals surface area contributed by atoms with Crippen LogP contribution in [-0.4, -0.2) is 9.13 Å². The molecule has 0 saturated heterocycles. The zero-order chi connectivity index (χ0) is 13.4. The molecule has 0 fully saturated rings. The fraction of sp³-hybridized carbons (Fsp3) is 0.214. The van der Waals surface area contributed by atoms with Gasteiger partial charge in [0.15, 0.2) is 0 Å². The average molecular weight is 337 g/mol. The number of imidazole rings is 1. The fourth-order valence-corrected chi connectivity index (χ4v) is 3.78. The Kier molecular flexibility index (Phi) is 3.33. The van der Waals surface area contributed by atoms with Gasteiger partial charge in [-0.25, -0.2) is 4.79 Å². The van der Waals surface area contributed by atoms with Crippen molar-refractivity contribution in [1.29, 1.82) is 0 Å². The monoisotopic (exact) mass is 336 g/mol. The lowest BCUT2D eigenvalue weighted by atomic mass is 10.3. The normalized spacial score (nSPS) is 11.3. The van der Waals surface area contributed by atoms with E-state index in [9.17, 15) is 4.79 Å². The Morgan fingerprint density at radius 3 is 2.42 bits per heavy atom. The van der Waals surface area contributed by atoms with Crippen molar-refractivity contribution in [2.24, 2.45) is 0 Å². The van der Waals surface area contributed by atoms with Crippen molar-refractivity contribution in [3.05, 3.63) is 55.5 Å². The quantitative estimate of drug-likeness (QED) is 0.716. The first-order chi connectivity index (χ1) is 9.22. The summed E-state index contributed by atoms with van der Waals surface area (Å²) in [6.45, 7) is 3.31. The number of benzene rings is 1. The summed E-state index contributed by atoms with van der Waals surface area (Å²) in [6, 6.07) is 9.97. The first-order valence-electron chi connectivity index (χ1n) is 6.12. The van der Waals surface area contributed by atoms with Gasteiger partial charge in [0.1, 0.15) is 0 Å². The van der Waals surface area contributed by atoms with E-state index in [4.69, 9.17) is 0 Å². The molecule has 98 valence electrons. The minimum Gasteiger partial charge on any atom is -0.292 e. The van der Waals surface area contributed by atoms with Gasteiger partial charge >= 0.3 is 5.69 Å². The van der Waals surface area contributed by atoms with E-state index in [1.54, 1.807) is 11.3 Å². The van der Waals surface area contributed by atoms with Crippen molar-refractivity contribution >= 4 is 38.3 Å². The van der Waals surface area contributed by atoms with E-state index in [0.29, 0.717) is 13.1 Å². The molecule has 0 radical (unpaired) electrons. The summed E-state index contributed by atoms with van der Waals surface area (Å²) in [5.74, 6) is 0. The molecule has 1 aromatic carbocycles. The van der Waals surface area contributed by atoms with Crippen LogP contribution in [0.15, 0.2) is 45.0 Å². The van der Waals surface area contributed by atoms with Crippen LogP contribution in [0.25, 0.3) is 11.0 Å². The molecule has 0 atom stereocenters. The molecule has 3 nitrogen and oxygen atoms in total. The third-order valence-corrected chi connectivity index (χ3v) is 5.15. The van der Waals surface area contributed by atoms with Crippen LogP contribution in [-0.2, 0) is 13.1 Å². The molecule has 2 heterocycles. The van der Waals surface area contributed by atoms with Crippen LogP contribution in [0.1, 0.15) is 11.8 Å². The molecule has 0 aliphatic rings. The Morgan fingerprint density at radius 2 is 1.84 bits per heavy atom. The highest BCUT2D eigenvalue weighted by Crippen LogP contribution is 2.24. The summed E-state index contributed by atoms with van der Waals surface area (Å²) >= 11 is 5.19. The van der Waals surface area contributed by atoms with Gasteiger partial charge in [-0.05, 0) is 46.4 Å². The van der Waals surface area contributed by atoms with Crippen LogP contribution in [0.3, 0.4) is 0 Å². The van der Waals surface area contributed by atoms with Crippen LogP contribution in [0.4, 0.5) is 0 Å². The second-order valence-electron chi connectivity index (χ2n) is 4.29. The third kappa shape index (κ3) is 2.07. The predicted octanol–water partition coefficient (Wildman–Crippen LogP) is 3.70. The van der Waals surface area contributed by atoms with Crippen molar-refractivity contribution in [2.45, 2.75) is 20.0 Å². The van der Waals surface area contributed by atoms with E-state index >= 15 is 0 Å². The van der Waals surface area contributed by atoms with Crippen molar-refractivity contribution in [3.63, 3.8) is 0 Å². The lowest BCUT2D eigenvalue weighted by molar-refractivity contribution is 0.687. The molecule has 0 bridgehead atoms. The Balaban J connectivity index is 2.21. The maximum atomic E-state index is 12.5. The van der Waals surface area contributed by atoms with Crippen molar-refractivity contribution in [2.75, 3.05) is 0 Å². The molecule has 0 saturated carbocycles. The lowest BCUT2D eigenvalue weighted by Gasteiger charge is -2.01. The number of aryl methyl sites for hydroxylation is 1. The van der Waals surface area contributed by atoms with Crippen LogP contribution in [0.5, 0.6) is 0 Å². The number of thiophene rings is 1. The van der Waals surface area contributed by atoms with Gasteiger partial charge in [0.2, 0.25) is 0 Å². The molecule has 19 heavy (non-hydrogen) atoms. The summed E-state index contributed by atoms with van der Waals surface area (Å²) in [6.07, 6.45) is 0. The number of fused-ring (bicyclic) bond motifs is 1. The van der Waals surface area contributed by atoms with Gasteiger partial charge in [-0.1, -0.05) is 12.1 Å². The molecule has 0 amide bonds. The maximum Gasteiger partial charge on any atom is 0.329 e. The Hall–Kier alpha value is -1.33. The molecule has 0 aliphatic heterocycles. The number of aromatic nitrogens is 2. The molecule has 0 spiro atoms. The van der Waals surface area contributed by atoms with E-state index in [-0.39, 0.29) is 5.69 Å². The van der Waals surface area contributed by atoms with Gasteiger partial charge in [0, 0.05) is 15.9 Å². The standard InChI is InChI=1S/C14H13BrN2OS/c1-2-16-11-5-3-4-6-12(11)17(14(16)18)9-13-10(15)7-8-19-13/h3-8H,2,9H2,1H3. The fourth-order valence-electron chi connectivity index (χ4n) is 2.31. The molecule has 0 N–H and O–H groups in total. The molecule has 3 rings (SSSR count). The van der Waals surface area contributed by atoms with Crippen LogP contribution in [0.2, 0.25) is 0 Å². The number of rotatable bonds is 3. The number of halogens is 1. The van der Waals surface area contributed by atoms with E-state index in [2.05, 4.69) is 15.9 Å². The largest absolute Gasteiger partial charge is 0.329 e. The zero-order valence-corrected chi connectivity index (χ0v) is 12.9. The van der Waals surface area contributed by atoms with E-state index in [1.807, 2.05) is 51.8 Å². The number of hydrogen-bond acceptors (Lipinski definition) is 2. The predicted molar refractivity (Wildman–Crippen MR) is 83.0 cm³/mol. The average Bonchev–Trinajstić information content (AvgIpc) is 2.93. The van der Waals surface area contributed by atoms with Gasteiger partial charge < -0.3 is 0 Å². The Bertz CT molecular complexity index is 784. The molecule has 3 aromatic rings. The first kappa shape index (κ1) is 12.7. The van der Waals surface area contributed by atoms with Crippen LogP contribution in [0, 0.1) is 0 Å². The smallest absolute Gasteiger partial charge is 0.292 e. The minimum absolute atomic E-state index is 0.0593. The number of para-hydroxylation sites is 2. The van der Waals surface area contributed by atoms with Crippen LogP contribution >= 0.6 is 27.3 Å². The summed E-state index contributed by atoms with van der Waals surface area (Å²) in [5.41, 5.74) is 2.06. The van der Waals surface area contributed by atoms with Crippen molar-refractivity contribution in [3.8, 4) is 0 Å². The minimum atomic E-state index is 0.0593. The van der Waals surface area contributed by atoms with Crippen molar-refractivity contribution in [1.82, 2.24) is 9.13 Å². The highest BCUT2D eigenvalue weighted by Gasteiger charge is 2.13. The van der Waals surface area contributed by atoms with Gasteiger partial charge in [-0.15, -0.1) is 11.3 Å². The molecule has 0 aliphatic carbocycles.